The van der Waals surface area contributed by atoms with E-state index in [1.165, 1.54) is 11.6 Å². The van der Waals surface area contributed by atoms with Gasteiger partial charge in [-0.2, -0.15) is 4.98 Å². The summed E-state index contributed by atoms with van der Waals surface area (Å²) in [6.45, 7) is 4.51. The van der Waals surface area contributed by atoms with Crippen molar-refractivity contribution in [1.82, 2.24) is 14.5 Å². The van der Waals surface area contributed by atoms with Gasteiger partial charge in [-0.15, -0.1) is 0 Å². The number of ether oxygens (including phenoxy) is 1. The Morgan fingerprint density at radius 1 is 1.32 bits per heavy atom. The number of hydrogen-bond acceptors (Lipinski definition) is 5. The van der Waals surface area contributed by atoms with Crippen molar-refractivity contribution in [3.63, 3.8) is 0 Å². The number of likely N-dealkylation sites (N-methyl/N-ethyl adjacent to an activating group) is 1. The van der Waals surface area contributed by atoms with Crippen LogP contribution in [0.4, 0.5) is 10.2 Å². The van der Waals surface area contributed by atoms with Crippen molar-refractivity contribution in [2.45, 2.75) is 19.4 Å². The van der Waals surface area contributed by atoms with Crippen LogP contribution in [-0.2, 0) is 7.05 Å². The zero-order valence-electron chi connectivity index (χ0n) is 14.5. The molecule has 1 aromatic heterocycles. The van der Waals surface area contributed by atoms with Crippen molar-refractivity contribution < 1.29 is 9.13 Å². The van der Waals surface area contributed by atoms with Gasteiger partial charge in [0.2, 0.25) is 0 Å². The molecule has 2 aliphatic rings. The normalized spacial score (nSPS) is 20.8. The maximum absolute atomic E-state index is 15.0. The van der Waals surface area contributed by atoms with Crippen LogP contribution < -0.4 is 15.3 Å². The Kier molecular flexibility index (Phi) is 3.88. The Morgan fingerprint density at radius 3 is 2.84 bits per heavy atom. The number of rotatable bonds is 0. The van der Waals surface area contributed by atoms with Crippen LogP contribution >= 0.6 is 11.6 Å². The molecule has 1 saturated heterocycles. The number of hydrogen-bond donors (Lipinski definition) is 0. The smallest absolute Gasteiger partial charge is 0.349 e. The van der Waals surface area contributed by atoms with E-state index in [9.17, 15) is 9.18 Å². The average molecular weight is 367 g/mol. The fourth-order valence-corrected chi connectivity index (χ4v) is 4.02. The van der Waals surface area contributed by atoms with Gasteiger partial charge < -0.3 is 14.5 Å². The molecule has 3 heterocycles. The Morgan fingerprint density at radius 2 is 2.08 bits per heavy atom. The van der Waals surface area contributed by atoms with Crippen molar-refractivity contribution in [3.05, 3.63) is 26.9 Å². The molecule has 0 saturated carbocycles. The van der Waals surface area contributed by atoms with Gasteiger partial charge in [-0.1, -0.05) is 11.6 Å². The summed E-state index contributed by atoms with van der Waals surface area (Å²) in [7, 11) is 3.59. The number of halogens is 2. The zero-order valence-corrected chi connectivity index (χ0v) is 15.2. The lowest BCUT2D eigenvalue weighted by atomic mass is 10.0. The van der Waals surface area contributed by atoms with Gasteiger partial charge in [0, 0.05) is 44.7 Å². The van der Waals surface area contributed by atoms with E-state index < -0.39 is 11.5 Å². The van der Waals surface area contributed by atoms with Crippen LogP contribution in [0.2, 0.25) is 5.02 Å². The minimum Gasteiger partial charge on any atom is -0.491 e. The van der Waals surface area contributed by atoms with Gasteiger partial charge >= 0.3 is 5.69 Å². The fraction of sp³-hybridized carbons (Fsp3) is 0.529. The van der Waals surface area contributed by atoms with Crippen LogP contribution in [0, 0.1) is 12.7 Å². The molecular weight excluding hydrogens is 347 g/mol. The van der Waals surface area contributed by atoms with Crippen LogP contribution in [-0.4, -0.2) is 53.8 Å². The van der Waals surface area contributed by atoms with E-state index in [0.717, 1.165) is 26.1 Å². The highest BCUT2D eigenvalue weighted by molar-refractivity contribution is 6.34. The Hall–Kier alpha value is -1.86. The molecule has 4 rings (SSSR count). The third-order valence-electron chi connectivity index (χ3n) is 5.23. The maximum atomic E-state index is 15.0. The molecule has 0 aliphatic carbocycles. The predicted molar refractivity (Wildman–Crippen MR) is 95.4 cm³/mol. The first kappa shape index (κ1) is 16.6. The number of aryl methyl sites for hydroxylation is 1. The summed E-state index contributed by atoms with van der Waals surface area (Å²) in [4.78, 5) is 21.0. The second-order valence-electron chi connectivity index (χ2n) is 6.83. The first-order valence-corrected chi connectivity index (χ1v) is 8.74. The summed E-state index contributed by atoms with van der Waals surface area (Å²) in [6, 6.07) is 0.165. The van der Waals surface area contributed by atoms with Crippen LogP contribution in [0.1, 0.15) is 12.0 Å². The predicted octanol–water partition coefficient (Wildman–Crippen LogP) is 1.94. The lowest BCUT2D eigenvalue weighted by Gasteiger charge is -2.42. The summed E-state index contributed by atoms with van der Waals surface area (Å²) < 4.78 is 22.2. The van der Waals surface area contributed by atoms with Gasteiger partial charge in [0.25, 0.3) is 0 Å². The lowest BCUT2D eigenvalue weighted by Crippen LogP contribution is -2.53. The van der Waals surface area contributed by atoms with Crippen LogP contribution in [0.15, 0.2) is 4.79 Å². The molecule has 1 fully saturated rings. The molecule has 6 nitrogen and oxygen atoms in total. The highest BCUT2D eigenvalue weighted by atomic mass is 35.5. The number of anilines is 1. The third-order valence-corrected chi connectivity index (χ3v) is 5.69. The SMILES string of the molecule is Cc1c(Cl)c2c3c(nc(=O)n(C)c3c1F)N1CCN(C)CC1CCO2. The molecule has 134 valence electrons. The summed E-state index contributed by atoms with van der Waals surface area (Å²) in [5.41, 5.74) is 0.00520. The average Bonchev–Trinajstić information content (AvgIpc) is 2.57. The lowest BCUT2D eigenvalue weighted by molar-refractivity contribution is 0.226. The standard InChI is InChI=1S/C17H20ClFN4O2/c1-9-12(18)15-11-14(13(9)19)22(3)17(24)20-16(11)23-6-5-21(2)8-10(23)4-7-25-15/h10H,4-8H2,1-3H3. The molecule has 0 N–H and O–H groups in total. The Labute approximate surface area is 149 Å². The van der Waals surface area contributed by atoms with Crippen molar-refractivity contribution in [1.29, 1.82) is 0 Å². The highest BCUT2D eigenvalue weighted by Crippen LogP contribution is 2.43. The molecule has 0 bridgehead atoms. The fourth-order valence-electron chi connectivity index (χ4n) is 3.79. The van der Waals surface area contributed by atoms with Crippen LogP contribution in [0.25, 0.3) is 10.9 Å². The van der Waals surface area contributed by atoms with Crippen molar-refractivity contribution >= 4 is 28.3 Å². The maximum Gasteiger partial charge on any atom is 0.349 e. The van der Waals surface area contributed by atoms with Gasteiger partial charge in [-0.25, -0.2) is 9.18 Å². The summed E-state index contributed by atoms with van der Waals surface area (Å²) >= 11 is 6.39. The zero-order chi connectivity index (χ0) is 17.9. The van der Waals surface area contributed by atoms with E-state index in [1.807, 2.05) is 0 Å². The first-order chi connectivity index (χ1) is 11.9. The molecule has 8 heteroatoms. The molecule has 2 aliphatic heterocycles. The topological polar surface area (TPSA) is 50.6 Å². The third kappa shape index (κ3) is 2.40. The van der Waals surface area contributed by atoms with Crippen molar-refractivity contribution in [2.24, 2.45) is 7.05 Å². The number of benzene rings is 1. The Bertz CT molecular complexity index is 929. The number of nitrogens with zero attached hydrogens (tertiary/aromatic N) is 4. The molecular formula is C17H20ClFN4O2. The van der Waals surface area contributed by atoms with Crippen LogP contribution in [0.3, 0.4) is 0 Å². The monoisotopic (exact) mass is 366 g/mol. The van der Waals surface area contributed by atoms with Gasteiger partial charge in [0.1, 0.15) is 5.82 Å². The molecule has 1 aromatic carbocycles. The molecule has 1 atom stereocenters. The van der Waals surface area contributed by atoms with Gasteiger partial charge in [0.05, 0.1) is 22.5 Å². The number of aromatic nitrogens is 2. The molecule has 0 radical (unpaired) electrons. The first-order valence-electron chi connectivity index (χ1n) is 8.36. The second kappa shape index (κ2) is 5.85. The Balaban J connectivity index is 2.10. The quantitative estimate of drug-likeness (QED) is 0.713. The van der Waals surface area contributed by atoms with E-state index in [-0.39, 0.29) is 22.1 Å². The molecule has 0 spiro atoms. The molecule has 0 amide bonds. The second-order valence-corrected chi connectivity index (χ2v) is 7.21. The molecule has 25 heavy (non-hydrogen) atoms. The van der Waals surface area contributed by atoms with E-state index >= 15 is 0 Å². The van der Waals surface area contributed by atoms with Gasteiger partial charge in [0.15, 0.2) is 11.6 Å². The van der Waals surface area contributed by atoms with Gasteiger partial charge in [-0.05, 0) is 14.0 Å². The minimum atomic E-state index is -0.498. The summed E-state index contributed by atoms with van der Waals surface area (Å²) in [6.07, 6.45) is 0.787. The van der Waals surface area contributed by atoms with E-state index in [4.69, 9.17) is 16.3 Å². The summed E-state index contributed by atoms with van der Waals surface area (Å²) in [5.74, 6) is 0.402. The van der Waals surface area contributed by atoms with E-state index in [2.05, 4.69) is 21.8 Å². The largest absolute Gasteiger partial charge is 0.491 e. The van der Waals surface area contributed by atoms with E-state index in [0.29, 0.717) is 23.6 Å². The molecule has 1 unspecified atom stereocenters. The van der Waals surface area contributed by atoms with E-state index in [1.54, 1.807) is 6.92 Å². The summed E-state index contributed by atoms with van der Waals surface area (Å²) in [5, 5.41) is 0.740. The minimum absolute atomic E-state index is 0.165. The van der Waals surface area contributed by atoms with Crippen molar-refractivity contribution in [3.8, 4) is 5.75 Å². The van der Waals surface area contributed by atoms with Crippen LogP contribution in [0.5, 0.6) is 5.75 Å². The number of piperazine rings is 1. The van der Waals surface area contributed by atoms with Crippen molar-refractivity contribution in [2.75, 3.05) is 38.2 Å². The highest BCUT2D eigenvalue weighted by Gasteiger charge is 2.33. The number of fused-ring (bicyclic) bond motifs is 2. The van der Waals surface area contributed by atoms with Gasteiger partial charge in [-0.3, -0.25) is 4.57 Å². The molecule has 2 aromatic rings.